The summed E-state index contributed by atoms with van der Waals surface area (Å²) in [7, 11) is 0. The molecule has 8 nitrogen and oxygen atoms in total. The van der Waals surface area contributed by atoms with Crippen molar-refractivity contribution in [1.29, 1.82) is 0 Å². The Bertz CT molecular complexity index is 1210. The lowest BCUT2D eigenvalue weighted by molar-refractivity contribution is -0.117. The summed E-state index contributed by atoms with van der Waals surface area (Å²) in [4.78, 5) is 28.5. The molecule has 2 atom stereocenters. The SMILES string of the molecule is C=C(C)N1CCC(CC(=O)Nc2ccc3cc2CCC2C=NC=C(C2)Nc2ncc(Cl)c(n2)N3)C1. The largest absolute Gasteiger partial charge is 0.375 e. The van der Waals surface area contributed by atoms with Crippen molar-refractivity contribution in [3.63, 3.8) is 0 Å². The molecule has 1 aromatic heterocycles. The molecule has 1 amide bonds. The molecule has 0 aliphatic carbocycles. The molecule has 3 aliphatic heterocycles. The minimum Gasteiger partial charge on any atom is -0.375 e. The molecule has 1 fully saturated rings. The second-order valence-electron chi connectivity index (χ2n) is 9.56. The van der Waals surface area contributed by atoms with E-state index in [1.807, 2.05) is 31.5 Å². The number of nitrogens with zero attached hydrogens (tertiary/aromatic N) is 4. The van der Waals surface area contributed by atoms with E-state index in [2.05, 4.69) is 48.5 Å². The number of rotatable bonds is 4. The summed E-state index contributed by atoms with van der Waals surface area (Å²) >= 11 is 6.36. The Hall–Kier alpha value is -3.39. The molecule has 9 heteroatoms. The third-order valence-electron chi connectivity index (χ3n) is 6.75. The van der Waals surface area contributed by atoms with E-state index in [1.165, 1.54) is 0 Å². The van der Waals surface area contributed by atoms with Crippen LogP contribution in [0.1, 0.15) is 38.2 Å². The summed E-state index contributed by atoms with van der Waals surface area (Å²) in [5.41, 5.74) is 4.80. The molecule has 4 heterocycles. The molecule has 3 aliphatic rings. The number of anilines is 4. The zero-order chi connectivity index (χ0) is 24.4. The predicted octanol–water partition coefficient (Wildman–Crippen LogP) is 5.35. The molecule has 0 spiro atoms. The third-order valence-corrected chi connectivity index (χ3v) is 7.03. The fourth-order valence-corrected chi connectivity index (χ4v) is 4.99. The molecule has 2 unspecified atom stereocenters. The van der Waals surface area contributed by atoms with Crippen LogP contribution in [0.5, 0.6) is 0 Å². The van der Waals surface area contributed by atoms with Crippen molar-refractivity contribution in [2.24, 2.45) is 16.8 Å². The lowest BCUT2D eigenvalue weighted by Crippen LogP contribution is -2.21. The highest BCUT2D eigenvalue weighted by Gasteiger charge is 2.25. The van der Waals surface area contributed by atoms with Crippen LogP contribution in [0.15, 0.2) is 53.6 Å². The minimum atomic E-state index is 0.0515. The van der Waals surface area contributed by atoms with E-state index in [9.17, 15) is 4.79 Å². The fraction of sp³-hybridized carbons (Fsp3) is 0.385. The van der Waals surface area contributed by atoms with Gasteiger partial charge in [-0.3, -0.25) is 9.79 Å². The van der Waals surface area contributed by atoms with E-state index in [0.717, 1.165) is 67.1 Å². The number of halogens is 1. The Kier molecular flexibility index (Phi) is 6.72. The van der Waals surface area contributed by atoms with E-state index in [-0.39, 0.29) is 11.8 Å². The van der Waals surface area contributed by atoms with Crippen LogP contribution in [0.2, 0.25) is 5.02 Å². The Morgan fingerprint density at radius 3 is 3.03 bits per heavy atom. The number of nitrogens with one attached hydrogen (secondary N) is 3. The Morgan fingerprint density at radius 1 is 1.31 bits per heavy atom. The zero-order valence-corrected chi connectivity index (χ0v) is 20.6. The maximum absolute atomic E-state index is 12.9. The van der Waals surface area contributed by atoms with Crippen molar-refractivity contribution in [3.05, 3.63) is 59.2 Å². The van der Waals surface area contributed by atoms with Crippen molar-refractivity contribution in [2.45, 2.75) is 39.0 Å². The van der Waals surface area contributed by atoms with Crippen LogP contribution in [-0.4, -0.2) is 40.1 Å². The standard InChI is InChI=1S/C26H30ClN7O/c1-16(2)34-8-7-18(15-34)10-24(35)32-23-6-5-20-11-19(23)4-3-17-9-21(13-28-12-17)31-26-29-14-22(27)25(30-20)33-26/h5-6,11-14,17-18H,1,3-4,7-10,15H2,2H3,(H,32,35)(H2,29,30,31,33). The lowest BCUT2D eigenvalue weighted by atomic mass is 9.94. The molecule has 1 aromatic carbocycles. The summed E-state index contributed by atoms with van der Waals surface area (Å²) in [5, 5.41) is 10.2. The van der Waals surface area contributed by atoms with Gasteiger partial charge >= 0.3 is 0 Å². The van der Waals surface area contributed by atoms with Crippen molar-refractivity contribution in [2.75, 3.05) is 29.0 Å². The van der Waals surface area contributed by atoms with Crippen LogP contribution in [0.25, 0.3) is 0 Å². The summed E-state index contributed by atoms with van der Waals surface area (Å²) in [6, 6.07) is 5.96. The minimum absolute atomic E-state index is 0.0515. The molecule has 0 radical (unpaired) electrons. The summed E-state index contributed by atoms with van der Waals surface area (Å²) in [6.45, 7) is 7.91. The number of aryl methyl sites for hydroxylation is 1. The maximum atomic E-state index is 12.9. The summed E-state index contributed by atoms with van der Waals surface area (Å²) in [5.74, 6) is 1.67. The van der Waals surface area contributed by atoms with Gasteiger partial charge in [-0.2, -0.15) is 4.98 Å². The van der Waals surface area contributed by atoms with Gasteiger partial charge in [-0.15, -0.1) is 0 Å². The number of allylic oxidation sites excluding steroid dienone is 2. The van der Waals surface area contributed by atoms with Crippen LogP contribution in [0, 0.1) is 11.8 Å². The average Bonchev–Trinajstić information content (AvgIpc) is 3.30. The molecule has 35 heavy (non-hydrogen) atoms. The average molecular weight is 492 g/mol. The Balaban J connectivity index is 1.37. The predicted molar refractivity (Wildman–Crippen MR) is 141 cm³/mol. The van der Waals surface area contributed by atoms with Gasteiger partial charge in [0.15, 0.2) is 5.82 Å². The molecule has 2 aromatic rings. The number of amides is 1. The third kappa shape index (κ3) is 5.65. The van der Waals surface area contributed by atoms with Crippen molar-refractivity contribution in [3.8, 4) is 0 Å². The monoisotopic (exact) mass is 491 g/mol. The summed E-state index contributed by atoms with van der Waals surface area (Å²) in [6.07, 6.45) is 9.44. The van der Waals surface area contributed by atoms with Gasteiger partial charge in [-0.05, 0) is 62.3 Å². The molecule has 182 valence electrons. The van der Waals surface area contributed by atoms with Gasteiger partial charge in [0.25, 0.3) is 0 Å². The number of benzene rings is 1. The first-order valence-corrected chi connectivity index (χ1v) is 12.4. The second-order valence-corrected chi connectivity index (χ2v) is 9.96. The van der Waals surface area contributed by atoms with E-state index < -0.39 is 0 Å². The quantitative estimate of drug-likeness (QED) is 0.533. The number of aromatic nitrogens is 2. The first-order valence-electron chi connectivity index (χ1n) is 12.0. The van der Waals surface area contributed by atoms with Crippen LogP contribution in [0.4, 0.5) is 23.1 Å². The van der Waals surface area contributed by atoms with Crippen molar-refractivity contribution < 1.29 is 4.79 Å². The van der Waals surface area contributed by atoms with Gasteiger partial charge in [0.05, 0.1) is 6.20 Å². The van der Waals surface area contributed by atoms with Gasteiger partial charge in [-0.1, -0.05) is 18.2 Å². The number of hydrogen-bond donors (Lipinski definition) is 3. The van der Waals surface area contributed by atoms with Crippen LogP contribution in [0.3, 0.4) is 0 Å². The molecule has 0 saturated carbocycles. The number of fused-ring (bicyclic) bond motifs is 6. The van der Waals surface area contributed by atoms with E-state index >= 15 is 0 Å². The van der Waals surface area contributed by atoms with Gasteiger partial charge < -0.3 is 20.9 Å². The smallest absolute Gasteiger partial charge is 0.229 e. The van der Waals surface area contributed by atoms with Crippen LogP contribution >= 0.6 is 11.6 Å². The Labute approximate surface area is 210 Å². The molecular formula is C26H30ClN7O. The first kappa shape index (κ1) is 23.4. The van der Waals surface area contributed by atoms with Gasteiger partial charge in [0.1, 0.15) is 5.02 Å². The maximum Gasteiger partial charge on any atom is 0.229 e. The number of aliphatic imine (C=N–C) groups is 1. The Morgan fingerprint density at radius 2 is 2.20 bits per heavy atom. The van der Waals surface area contributed by atoms with E-state index in [4.69, 9.17) is 11.6 Å². The van der Waals surface area contributed by atoms with Crippen molar-refractivity contribution >= 4 is 46.9 Å². The lowest BCUT2D eigenvalue weighted by Gasteiger charge is -2.19. The van der Waals surface area contributed by atoms with Gasteiger partial charge in [-0.25, -0.2) is 4.98 Å². The fourth-order valence-electron chi connectivity index (χ4n) is 4.85. The highest BCUT2D eigenvalue weighted by molar-refractivity contribution is 6.32. The second kappa shape index (κ2) is 10.1. The highest BCUT2D eigenvalue weighted by atomic mass is 35.5. The van der Waals surface area contributed by atoms with Gasteiger partial charge in [0, 0.05) is 60.6 Å². The first-order chi connectivity index (χ1) is 16.9. The van der Waals surface area contributed by atoms with Crippen LogP contribution in [-0.2, 0) is 11.2 Å². The molecule has 5 rings (SSSR count). The molecule has 3 N–H and O–H groups in total. The number of carbonyl (C=O) groups excluding carboxylic acids is 1. The topological polar surface area (TPSA) is 94.5 Å². The number of hydrogen-bond acceptors (Lipinski definition) is 7. The zero-order valence-electron chi connectivity index (χ0n) is 19.9. The van der Waals surface area contributed by atoms with Crippen molar-refractivity contribution in [1.82, 2.24) is 14.9 Å². The normalized spacial score (nSPS) is 21.0. The summed E-state index contributed by atoms with van der Waals surface area (Å²) < 4.78 is 0. The molecular weight excluding hydrogens is 462 g/mol. The molecule has 1 saturated heterocycles. The van der Waals surface area contributed by atoms with E-state index in [1.54, 1.807) is 6.20 Å². The molecule has 6 bridgehead atoms. The number of likely N-dealkylation sites (tertiary alicyclic amines) is 1. The van der Waals surface area contributed by atoms with Gasteiger partial charge in [0.2, 0.25) is 11.9 Å². The van der Waals surface area contributed by atoms with Crippen LogP contribution < -0.4 is 16.0 Å². The highest BCUT2D eigenvalue weighted by Crippen LogP contribution is 2.31. The van der Waals surface area contributed by atoms with E-state index in [0.29, 0.717) is 29.1 Å². The number of carbonyl (C=O) groups is 1.